The van der Waals surface area contributed by atoms with Crippen LogP contribution in [0, 0.1) is 6.92 Å². The van der Waals surface area contributed by atoms with E-state index in [-0.39, 0.29) is 12.4 Å². The quantitative estimate of drug-likeness (QED) is 0.661. The maximum atomic E-state index is 11.8. The van der Waals surface area contributed by atoms with Crippen molar-refractivity contribution in [1.82, 2.24) is 14.8 Å². The van der Waals surface area contributed by atoms with Crippen LogP contribution in [0.15, 0.2) is 42.7 Å². The van der Waals surface area contributed by atoms with Crippen LogP contribution in [-0.4, -0.2) is 38.4 Å². The minimum absolute atomic E-state index is 0. The number of rotatable bonds is 4. The summed E-state index contributed by atoms with van der Waals surface area (Å²) < 4.78 is 1.76. The second-order valence-electron chi connectivity index (χ2n) is 5.30. The number of carbonyl (C=O) groups excluding carboxylic acids is 1. The zero-order valence-electron chi connectivity index (χ0n) is 13.0. The first-order valence-corrected chi connectivity index (χ1v) is 7.16. The van der Waals surface area contributed by atoms with Gasteiger partial charge in [0.15, 0.2) is 0 Å². The van der Waals surface area contributed by atoms with E-state index in [2.05, 4.69) is 15.4 Å². The molecule has 7 nitrogen and oxygen atoms in total. The second kappa shape index (κ2) is 7.39. The van der Waals surface area contributed by atoms with E-state index >= 15 is 0 Å². The Morgan fingerprint density at radius 1 is 1.38 bits per heavy atom. The number of benzene rings is 1. The van der Waals surface area contributed by atoms with Gasteiger partial charge in [-0.3, -0.25) is 9.78 Å². The molecule has 1 atom stereocenters. The first-order chi connectivity index (χ1) is 11.1. The number of nitrogens with zero attached hydrogens (tertiary/aromatic N) is 3. The molecular formula is C16H18ClN5O2. The standard InChI is InChI=1S/C16H17N5O2.ClH/c1-10-3-2-4-12(5-10)21-15-6-11(7-18-14(15)8-19-21)20-16(23)13(17)9-22;/h2-8,13,22H,9,17H2,1H3,(H,20,23);1H/t13-;/m0./s1. The zero-order valence-corrected chi connectivity index (χ0v) is 13.8. The molecule has 8 heteroatoms. The van der Waals surface area contributed by atoms with Gasteiger partial charge in [0.1, 0.15) is 11.6 Å². The number of pyridine rings is 1. The monoisotopic (exact) mass is 347 g/mol. The van der Waals surface area contributed by atoms with Crippen molar-refractivity contribution in [2.75, 3.05) is 11.9 Å². The highest BCUT2D eigenvalue weighted by atomic mass is 35.5. The van der Waals surface area contributed by atoms with Crippen LogP contribution in [-0.2, 0) is 4.79 Å². The third kappa shape index (κ3) is 3.53. The van der Waals surface area contributed by atoms with Gasteiger partial charge in [-0.15, -0.1) is 12.4 Å². The number of hydrogen-bond acceptors (Lipinski definition) is 5. The number of aliphatic hydroxyl groups excluding tert-OH is 1. The lowest BCUT2D eigenvalue weighted by molar-refractivity contribution is -0.118. The van der Waals surface area contributed by atoms with E-state index < -0.39 is 18.6 Å². The molecule has 3 rings (SSSR count). The number of aryl methyl sites for hydroxylation is 1. The van der Waals surface area contributed by atoms with Gasteiger partial charge in [-0.2, -0.15) is 5.10 Å². The molecule has 4 N–H and O–H groups in total. The molecule has 2 heterocycles. The van der Waals surface area contributed by atoms with E-state index in [1.54, 1.807) is 16.9 Å². The lowest BCUT2D eigenvalue weighted by atomic mass is 10.2. The summed E-state index contributed by atoms with van der Waals surface area (Å²) >= 11 is 0. The van der Waals surface area contributed by atoms with Gasteiger partial charge in [0.25, 0.3) is 0 Å². The molecule has 126 valence electrons. The average molecular weight is 348 g/mol. The van der Waals surface area contributed by atoms with Crippen molar-refractivity contribution in [2.24, 2.45) is 5.73 Å². The van der Waals surface area contributed by atoms with E-state index in [4.69, 9.17) is 10.8 Å². The Kier molecular flexibility index (Phi) is 5.50. The first kappa shape index (κ1) is 17.9. The Morgan fingerprint density at radius 2 is 2.17 bits per heavy atom. The van der Waals surface area contributed by atoms with Gasteiger partial charge in [0, 0.05) is 0 Å². The summed E-state index contributed by atoms with van der Waals surface area (Å²) in [4.78, 5) is 16.1. The molecule has 1 amide bonds. The molecule has 0 saturated carbocycles. The lowest BCUT2D eigenvalue weighted by Crippen LogP contribution is -2.38. The summed E-state index contributed by atoms with van der Waals surface area (Å²) in [7, 11) is 0. The average Bonchev–Trinajstić information content (AvgIpc) is 2.97. The van der Waals surface area contributed by atoms with Crippen molar-refractivity contribution in [3.8, 4) is 5.69 Å². The van der Waals surface area contributed by atoms with Crippen LogP contribution in [0.5, 0.6) is 0 Å². The molecule has 0 saturated heterocycles. The number of nitrogens with one attached hydrogen (secondary N) is 1. The topological polar surface area (TPSA) is 106 Å². The van der Waals surface area contributed by atoms with E-state index in [1.807, 2.05) is 31.2 Å². The van der Waals surface area contributed by atoms with Gasteiger partial charge in [0.05, 0.1) is 35.9 Å². The maximum Gasteiger partial charge on any atom is 0.243 e. The summed E-state index contributed by atoms with van der Waals surface area (Å²) in [6.07, 6.45) is 3.20. The number of aromatic nitrogens is 3. The molecule has 1 aromatic carbocycles. The molecule has 0 aliphatic heterocycles. The van der Waals surface area contributed by atoms with Crippen molar-refractivity contribution in [3.63, 3.8) is 0 Å². The fraction of sp³-hybridized carbons (Fsp3) is 0.188. The Bertz CT molecular complexity index is 865. The molecule has 24 heavy (non-hydrogen) atoms. The molecular weight excluding hydrogens is 330 g/mol. The van der Waals surface area contributed by atoms with Crippen LogP contribution in [0.25, 0.3) is 16.7 Å². The predicted octanol–water partition coefficient (Wildman–Crippen LogP) is 1.41. The van der Waals surface area contributed by atoms with Crippen molar-refractivity contribution < 1.29 is 9.90 Å². The smallest absolute Gasteiger partial charge is 0.243 e. The number of aliphatic hydroxyl groups is 1. The van der Waals surface area contributed by atoms with Crippen LogP contribution in [0.1, 0.15) is 5.56 Å². The van der Waals surface area contributed by atoms with Crippen molar-refractivity contribution in [2.45, 2.75) is 13.0 Å². The second-order valence-corrected chi connectivity index (χ2v) is 5.30. The normalized spacial score (nSPS) is 11.8. The van der Waals surface area contributed by atoms with Crippen LogP contribution >= 0.6 is 12.4 Å². The van der Waals surface area contributed by atoms with Crippen LogP contribution < -0.4 is 11.1 Å². The summed E-state index contributed by atoms with van der Waals surface area (Å²) in [6.45, 7) is 1.60. The third-order valence-electron chi connectivity index (χ3n) is 3.47. The van der Waals surface area contributed by atoms with E-state index in [9.17, 15) is 4.79 Å². The number of nitrogens with two attached hydrogens (primary N) is 1. The zero-order chi connectivity index (χ0) is 16.4. The summed E-state index contributed by atoms with van der Waals surface area (Å²) in [5.41, 5.74) is 9.52. The molecule has 0 aliphatic rings. The third-order valence-corrected chi connectivity index (χ3v) is 3.47. The predicted molar refractivity (Wildman–Crippen MR) is 94.5 cm³/mol. The number of fused-ring (bicyclic) bond motifs is 1. The first-order valence-electron chi connectivity index (χ1n) is 7.16. The molecule has 0 radical (unpaired) electrons. The maximum absolute atomic E-state index is 11.8. The molecule has 2 aromatic heterocycles. The minimum Gasteiger partial charge on any atom is -0.394 e. The lowest BCUT2D eigenvalue weighted by Gasteiger charge is -2.10. The summed E-state index contributed by atoms with van der Waals surface area (Å²) in [5, 5.41) is 15.9. The van der Waals surface area contributed by atoms with Gasteiger partial charge in [0.2, 0.25) is 5.91 Å². The van der Waals surface area contributed by atoms with Crippen molar-refractivity contribution in [1.29, 1.82) is 0 Å². The molecule has 0 spiro atoms. The molecule has 3 aromatic rings. The number of hydrogen-bond donors (Lipinski definition) is 3. The Balaban J connectivity index is 0.00000208. The SMILES string of the molecule is Cc1cccc(-n2ncc3ncc(NC(=O)[C@@H](N)CO)cc32)c1.Cl. The number of halogens is 1. The molecule has 0 fully saturated rings. The fourth-order valence-corrected chi connectivity index (χ4v) is 2.26. The highest BCUT2D eigenvalue weighted by molar-refractivity contribution is 5.96. The van der Waals surface area contributed by atoms with Crippen LogP contribution in [0.4, 0.5) is 5.69 Å². The van der Waals surface area contributed by atoms with E-state index in [1.165, 1.54) is 6.20 Å². The van der Waals surface area contributed by atoms with Crippen molar-refractivity contribution in [3.05, 3.63) is 48.3 Å². The Labute approximate surface area is 144 Å². The highest BCUT2D eigenvalue weighted by Gasteiger charge is 2.13. The van der Waals surface area contributed by atoms with E-state index in [0.29, 0.717) is 5.69 Å². The van der Waals surface area contributed by atoms with Gasteiger partial charge < -0.3 is 16.2 Å². The highest BCUT2D eigenvalue weighted by Crippen LogP contribution is 2.20. The largest absolute Gasteiger partial charge is 0.394 e. The summed E-state index contributed by atoms with van der Waals surface area (Å²) in [5.74, 6) is -0.463. The van der Waals surface area contributed by atoms with Gasteiger partial charge in [-0.25, -0.2) is 4.68 Å². The van der Waals surface area contributed by atoms with Gasteiger partial charge in [-0.1, -0.05) is 12.1 Å². The van der Waals surface area contributed by atoms with Crippen molar-refractivity contribution >= 4 is 35.0 Å². The molecule has 0 aliphatic carbocycles. The molecule has 0 unspecified atom stereocenters. The summed E-state index contributed by atoms with van der Waals surface area (Å²) in [6, 6.07) is 8.74. The van der Waals surface area contributed by atoms with Crippen LogP contribution in [0.3, 0.4) is 0 Å². The van der Waals surface area contributed by atoms with Gasteiger partial charge >= 0.3 is 0 Å². The number of carbonyl (C=O) groups is 1. The fourth-order valence-electron chi connectivity index (χ4n) is 2.26. The van der Waals surface area contributed by atoms with E-state index in [0.717, 1.165) is 22.3 Å². The number of anilines is 1. The van der Waals surface area contributed by atoms with Gasteiger partial charge in [-0.05, 0) is 30.7 Å². The number of amides is 1. The minimum atomic E-state index is -0.965. The van der Waals surface area contributed by atoms with Crippen LogP contribution in [0.2, 0.25) is 0 Å². The Hall–Kier alpha value is -2.48. The Morgan fingerprint density at radius 3 is 2.88 bits per heavy atom. The molecule has 0 bridgehead atoms.